The highest BCUT2D eigenvalue weighted by Crippen LogP contribution is 2.48. The Morgan fingerprint density at radius 2 is 2.00 bits per heavy atom. The lowest BCUT2D eigenvalue weighted by molar-refractivity contribution is -0.00689. The fraction of sp³-hybridized carbons (Fsp3) is 0.579. The van der Waals surface area contributed by atoms with E-state index in [0.717, 1.165) is 17.7 Å². The number of urea groups is 2. The van der Waals surface area contributed by atoms with Crippen LogP contribution >= 0.6 is 0 Å². The summed E-state index contributed by atoms with van der Waals surface area (Å²) in [6.07, 6.45) is 0.850. The van der Waals surface area contributed by atoms with Gasteiger partial charge in [0.25, 0.3) is 0 Å². The quantitative estimate of drug-likeness (QED) is 0.766. The second-order valence-electron chi connectivity index (χ2n) is 7.26. The number of para-hydroxylation sites is 1. The molecule has 0 saturated carbocycles. The van der Waals surface area contributed by atoms with Gasteiger partial charge in [-0.05, 0) is 31.9 Å². The van der Waals surface area contributed by atoms with Crippen LogP contribution in [0.4, 0.5) is 15.3 Å². The van der Waals surface area contributed by atoms with Gasteiger partial charge in [-0.3, -0.25) is 4.90 Å². The molecule has 26 heavy (non-hydrogen) atoms. The number of aliphatic hydroxyl groups excluding tert-OH is 1. The van der Waals surface area contributed by atoms with Crippen LogP contribution < -0.4 is 15.5 Å². The standard InChI is InChI=1S/C19H28N4O3/c1-4-9-20-18(25)23-15-10-22(19(26)21-12(2)3)14-8-6-5-7-13(14)17(15)16(23)11-24/h5-8,12,15-17,24H,4,9-11H2,1-3H3,(H,20,25)(H,21,26)/t15-,16+,17+/m1/s1. The third kappa shape index (κ3) is 3.11. The molecule has 0 aromatic heterocycles. The van der Waals surface area contributed by atoms with Crippen molar-refractivity contribution in [1.82, 2.24) is 15.5 Å². The van der Waals surface area contributed by atoms with Gasteiger partial charge in [-0.15, -0.1) is 0 Å². The van der Waals surface area contributed by atoms with E-state index in [1.54, 1.807) is 9.80 Å². The number of nitrogens with zero attached hydrogens (tertiary/aromatic N) is 2. The van der Waals surface area contributed by atoms with Crippen LogP contribution in [0.5, 0.6) is 0 Å². The number of aliphatic hydroxyl groups is 1. The first-order valence-electron chi connectivity index (χ1n) is 9.33. The fourth-order valence-electron chi connectivity index (χ4n) is 4.01. The first-order valence-corrected chi connectivity index (χ1v) is 9.33. The molecule has 0 bridgehead atoms. The van der Waals surface area contributed by atoms with Gasteiger partial charge in [0.1, 0.15) is 0 Å². The van der Waals surface area contributed by atoms with Crippen LogP contribution in [0.15, 0.2) is 24.3 Å². The van der Waals surface area contributed by atoms with Crippen molar-refractivity contribution < 1.29 is 14.7 Å². The maximum absolute atomic E-state index is 12.7. The molecular weight excluding hydrogens is 332 g/mol. The number of hydrogen-bond acceptors (Lipinski definition) is 3. The van der Waals surface area contributed by atoms with E-state index in [2.05, 4.69) is 10.6 Å². The molecule has 2 aliphatic rings. The molecule has 4 amide bonds. The number of likely N-dealkylation sites (tertiary alicyclic amines) is 1. The summed E-state index contributed by atoms with van der Waals surface area (Å²) in [5.41, 5.74) is 1.88. The predicted octanol–water partition coefficient (Wildman–Crippen LogP) is 1.87. The second kappa shape index (κ2) is 7.53. The van der Waals surface area contributed by atoms with Gasteiger partial charge < -0.3 is 20.6 Å². The fourth-order valence-corrected chi connectivity index (χ4v) is 4.01. The zero-order chi connectivity index (χ0) is 18.8. The van der Waals surface area contributed by atoms with Crippen LogP contribution in [0.2, 0.25) is 0 Å². The minimum Gasteiger partial charge on any atom is -0.394 e. The Morgan fingerprint density at radius 1 is 1.27 bits per heavy atom. The summed E-state index contributed by atoms with van der Waals surface area (Å²) in [5.74, 6) is 0.0478. The van der Waals surface area contributed by atoms with Gasteiger partial charge in [0, 0.05) is 30.7 Å². The number of fused-ring (bicyclic) bond motifs is 3. The van der Waals surface area contributed by atoms with Crippen molar-refractivity contribution in [2.24, 2.45) is 0 Å². The van der Waals surface area contributed by atoms with Gasteiger partial charge in [0.15, 0.2) is 0 Å². The summed E-state index contributed by atoms with van der Waals surface area (Å²) in [6.45, 7) is 6.78. The van der Waals surface area contributed by atoms with E-state index in [-0.39, 0.29) is 42.7 Å². The summed E-state index contributed by atoms with van der Waals surface area (Å²) in [6, 6.07) is 7.09. The number of carbonyl (C=O) groups is 2. The lowest BCUT2D eigenvalue weighted by atomic mass is 9.72. The molecule has 7 heteroatoms. The maximum Gasteiger partial charge on any atom is 0.322 e. The number of hydrogen-bond donors (Lipinski definition) is 3. The normalized spacial score (nSPS) is 23.8. The number of benzene rings is 1. The Hall–Kier alpha value is -2.28. The van der Waals surface area contributed by atoms with Crippen LogP contribution in [0.3, 0.4) is 0 Å². The minimum absolute atomic E-state index is 0.0305. The number of carbonyl (C=O) groups excluding carboxylic acids is 2. The monoisotopic (exact) mass is 360 g/mol. The molecule has 3 N–H and O–H groups in total. The van der Waals surface area contributed by atoms with Crippen molar-refractivity contribution in [2.75, 3.05) is 24.6 Å². The van der Waals surface area contributed by atoms with Gasteiger partial charge in [0.05, 0.1) is 18.7 Å². The zero-order valence-corrected chi connectivity index (χ0v) is 15.6. The van der Waals surface area contributed by atoms with Crippen molar-refractivity contribution in [3.63, 3.8) is 0 Å². The van der Waals surface area contributed by atoms with Crippen molar-refractivity contribution in [2.45, 2.75) is 51.2 Å². The third-order valence-electron chi connectivity index (χ3n) is 5.11. The van der Waals surface area contributed by atoms with Crippen LogP contribution in [0, 0.1) is 0 Å². The van der Waals surface area contributed by atoms with Gasteiger partial charge >= 0.3 is 12.1 Å². The Kier molecular flexibility index (Phi) is 5.36. The predicted molar refractivity (Wildman–Crippen MR) is 100 cm³/mol. The van der Waals surface area contributed by atoms with E-state index in [4.69, 9.17) is 0 Å². The summed E-state index contributed by atoms with van der Waals surface area (Å²) in [7, 11) is 0. The highest BCUT2D eigenvalue weighted by Gasteiger charge is 2.55. The summed E-state index contributed by atoms with van der Waals surface area (Å²) < 4.78 is 0. The molecule has 0 unspecified atom stereocenters. The molecule has 142 valence electrons. The molecule has 2 aliphatic heterocycles. The zero-order valence-electron chi connectivity index (χ0n) is 15.6. The molecule has 1 aromatic carbocycles. The Morgan fingerprint density at radius 3 is 2.65 bits per heavy atom. The summed E-state index contributed by atoms with van der Waals surface area (Å²) in [4.78, 5) is 28.7. The molecule has 0 spiro atoms. The maximum atomic E-state index is 12.7. The van der Waals surface area contributed by atoms with E-state index >= 15 is 0 Å². The van der Waals surface area contributed by atoms with Crippen molar-refractivity contribution in [3.8, 4) is 0 Å². The lowest BCUT2D eigenvalue weighted by Crippen LogP contribution is -2.72. The van der Waals surface area contributed by atoms with Crippen LogP contribution in [0.1, 0.15) is 38.7 Å². The Balaban J connectivity index is 1.90. The molecular formula is C19H28N4O3. The van der Waals surface area contributed by atoms with Crippen molar-refractivity contribution in [3.05, 3.63) is 29.8 Å². The van der Waals surface area contributed by atoms with E-state index in [1.807, 2.05) is 45.0 Å². The SMILES string of the molecule is CCCNC(=O)N1[C@@H]2CN(C(=O)NC(C)C)c3ccccc3[C@@H]2[C@@H]1CO. The largest absolute Gasteiger partial charge is 0.394 e. The highest BCUT2D eigenvalue weighted by molar-refractivity contribution is 5.94. The molecule has 3 rings (SSSR count). The Bertz CT molecular complexity index is 679. The summed E-state index contributed by atoms with van der Waals surface area (Å²) in [5, 5.41) is 15.7. The number of anilines is 1. The molecule has 0 radical (unpaired) electrons. The number of rotatable bonds is 4. The van der Waals surface area contributed by atoms with Gasteiger partial charge in [0.2, 0.25) is 0 Å². The van der Waals surface area contributed by atoms with Gasteiger partial charge in [-0.1, -0.05) is 25.1 Å². The molecule has 1 aromatic rings. The number of amides is 4. The lowest BCUT2D eigenvalue weighted by Gasteiger charge is -2.58. The van der Waals surface area contributed by atoms with E-state index in [9.17, 15) is 14.7 Å². The summed E-state index contributed by atoms with van der Waals surface area (Å²) >= 11 is 0. The van der Waals surface area contributed by atoms with Crippen molar-refractivity contribution in [1.29, 1.82) is 0 Å². The first-order chi connectivity index (χ1) is 12.5. The molecule has 1 fully saturated rings. The van der Waals surface area contributed by atoms with E-state index < -0.39 is 0 Å². The minimum atomic E-state index is -0.256. The Labute approximate surface area is 154 Å². The topological polar surface area (TPSA) is 84.9 Å². The van der Waals surface area contributed by atoms with Gasteiger partial charge in [-0.2, -0.15) is 0 Å². The molecule has 7 nitrogen and oxygen atoms in total. The molecule has 3 atom stereocenters. The van der Waals surface area contributed by atoms with Crippen LogP contribution in [0.25, 0.3) is 0 Å². The average Bonchev–Trinajstić information content (AvgIpc) is 2.59. The van der Waals surface area contributed by atoms with Crippen LogP contribution in [-0.2, 0) is 0 Å². The number of nitrogens with one attached hydrogen (secondary N) is 2. The highest BCUT2D eigenvalue weighted by atomic mass is 16.3. The first kappa shape index (κ1) is 18.5. The third-order valence-corrected chi connectivity index (χ3v) is 5.11. The second-order valence-corrected chi connectivity index (χ2v) is 7.26. The van der Waals surface area contributed by atoms with Gasteiger partial charge in [-0.25, -0.2) is 9.59 Å². The van der Waals surface area contributed by atoms with Crippen LogP contribution in [-0.4, -0.2) is 59.9 Å². The van der Waals surface area contributed by atoms with E-state index in [0.29, 0.717) is 13.1 Å². The smallest absolute Gasteiger partial charge is 0.322 e. The van der Waals surface area contributed by atoms with Crippen molar-refractivity contribution >= 4 is 17.7 Å². The average molecular weight is 360 g/mol. The van der Waals surface area contributed by atoms with E-state index in [1.165, 1.54) is 0 Å². The molecule has 1 saturated heterocycles. The molecule has 2 heterocycles. The molecule has 0 aliphatic carbocycles.